The molecule has 1 atom stereocenters. The Hall–Kier alpha value is -0.970. The van der Waals surface area contributed by atoms with Crippen molar-refractivity contribution >= 4 is 0 Å². The monoisotopic (exact) mass is 238 g/mol. The number of aryl methyl sites for hydroxylation is 1. The van der Waals surface area contributed by atoms with E-state index in [-0.39, 0.29) is 11.9 Å². The zero-order valence-corrected chi connectivity index (χ0v) is 10.1. The van der Waals surface area contributed by atoms with Gasteiger partial charge in [-0.25, -0.2) is 4.39 Å². The van der Waals surface area contributed by atoms with Crippen molar-refractivity contribution in [3.05, 3.63) is 35.1 Å². The summed E-state index contributed by atoms with van der Waals surface area (Å²) in [5, 5.41) is 0. The van der Waals surface area contributed by atoms with E-state index in [9.17, 15) is 4.39 Å². The molecule has 1 aromatic carbocycles. The molecule has 0 spiro atoms. The van der Waals surface area contributed by atoms with Crippen molar-refractivity contribution in [1.29, 1.82) is 0 Å². The highest BCUT2D eigenvalue weighted by atomic mass is 19.1. The van der Waals surface area contributed by atoms with Gasteiger partial charge in [-0.1, -0.05) is 12.1 Å². The Labute approximate surface area is 101 Å². The summed E-state index contributed by atoms with van der Waals surface area (Å²) >= 11 is 0. The summed E-state index contributed by atoms with van der Waals surface area (Å²) in [6, 6.07) is 5.27. The maximum absolute atomic E-state index is 13.2. The first kappa shape index (κ1) is 12.5. The number of nitrogens with two attached hydrogens (primary N) is 1. The van der Waals surface area contributed by atoms with Crippen LogP contribution in [-0.2, 0) is 4.74 Å². The molecule has 17 heavy (non-hydrogen) atoms. The molecule has 0 aromatic heterocycles. The van der Waals surface area contributed by atoms with Crippen LogP contribution in [0.25, 0.3) is 0 Å². The molecular formula is C13H19FN2O. The summed E-state index contributed by atoms with van der Waals surface area (Å²) in [6.45, 7) is 3.34. The van der Waals surface area contributed by atoms with Gasteiger partial charge in [0.1, 0.15) is 5.82 Å². The first-order valence-corrected chi connectivity index (χ1v) is 6.02. The number of rotatable bonds is 3. The van der Waals surface area contributed by atoms with Crippen LogP contribution in [0.4, 0.5) is 4.39 Å². The zero-order chi connectivity index (χ0) is 12.3. The SMILES string of the molecule is Cc1cc(C(NN)C2CCOCC2)ccc1F. The molecule has 1 aliphatic rings. The fraction of sp³-hybridized carbons (Fsp3) is 0.538. The standard InChI is InChI=1S/C13H19FN2O/c1-9-8-11(2-3-12(9)14)13(16-15)10-4-6-17-7-5-10/h2-3,8,10,13,16H,4-7,15H2,1H3. The number of hydrazine groups is 1. The summed E-state index contributed by atoms with van der Waals surface area (Å²) in [6.07, 6.45) is 1.98. The Morgan fingerprint density at radius 1 is 1.41 bits per heavy atom. The molecule has 4 heteroatoms. The van der Waals surface area contributed by atoms with Crippen LogP contribution in [0.2, 0.25) is 0 Å². The second kappa shape index (κ2) is 5.58. The van der Waals surface area contributed by atoms with E-state index in [1.807, 2.05) is 12.1 Å². The Morgan fingerprint density at radius 3 is 2.71 bits per heavy atom. The van der Waals surface area contributed by atoms with Gasteiger partial charge in [0.15, 0.2) is 0 Å². The van der Waals surface area contributed by atoms with Crippen molar-refractivity contribution in [3.8, 4) is 0 Å². The van der Waals surface area contributed by atoms with Crippen molar-refractivity contribution in [3.63, 3.8) is 0 Å². The van der Waals surface area contributed by atoms with Crippen LogP contribution in [0, 0.1) is 18.7 Å². The molecule has 1 aromatic rings. The van der Waals surface area contributed by atoms with Crippen LogP contribution < -0.4 is 11.3 Å². The summed E-state index contributed by atoms with van der Waals surface area (Å²) in [4.78, 5) is 0. The molecule has 1 fully saturated rings. The second-order valence-corrected chi connectivity index (χ2v) is 4.60. The minimum atomic E-state index is -0.170. The van der Waals surface area contributed by atoms with Crippen LogP contribution in [-0.4, -0.2) is 13.2 Å². The normalized spacial score (nSPS) is 19.2. The first-order chi connectivity index (χ1) is 8.22. The Bertz CT molecular complexity index is 378. The number of ether oxygens (including phenoxy) is 1. The van der Waals surface area contributed by atoms with Gasteiger partial charge in [-0.2, -0.15) is 0 Å². The number of halogens is 1. The number of benzene rings is 1. The molecule has 0 radical (unpaired) electrons. The number of hydrogen-bond donors (Lipinski definition) is 2. The van der Waals surface area contributed by atoms with Gasteiger partial charge >= 0.3 is 0 Å². The van der Waals surface area contributed by atoms with Gasteiger partial charge in [0.2, 0.25) is 0 Å². The van der Waals surface area contributed by atoms with E-state index in [1.165, 1.54) is 6.07 Å². The predicted molar refractivity (Wildman–Crippen MR) is 64.7 cm³/mol. The zero-order valence-electron chi connectivity index (χ0n) is 10.1. The molecular weight excluding hydrogens is 219 g/mol. The van der Waals surface area contributed by atoms with Gasteiger partial charge in [-0.15, -0.1) is 0 Å². The quantitative estimate of drug-likeness (QED) is 0.626. The van der Waals surface area contributed by atoms with Crippen molar-refractivity contribution in [2.45, 2.75) is 25.8 Å². The second-order valence-electron chi connectivity index (χ2n) is 4.60. The average Bonchev–Trinajstić information content (AvgIpc) is 2.36. The average molecular weight is 238 g/mol. The van der Waals surface area contributed by atoms with Gasteiger partial charge in [-0.3, -0.25) is 11.3 Å². The van der Waals surface area contributed by atoms with E-state index in [0.29, 0.717) is 11.5 Å². The van der Waals surface area contributed by atoms with Gasteiger partial charge in [-0.05, 0) is 42.9 Å². The fourth-order valence-electron chi connectivity index (χ4n) is 2.41. The van der Waals surface area contributed by atoms with Crippen LogP contribution in [0.15, 0.2) is 18.2 Å². The lowest BCUT2D eigenvalue weighted by Gasteiger charge is -2.30. The molecule has 1 aliphatic heterocycles. The number of hydrogen-bond acceptors (Lipinski definition) is 3. The van der Waals surface area contributed by atoms with Crippen LogP contribution in [0.3, 0.4) is 0 Å². The van der Waals surface area contributed by atoms with Gasteiger partial charge < -0.3 is 4.74 Å². The highest BCUT2D eigenvalue weighted by molar-refractivity contribution is 5.27. The third kappa shape index (κ3) is 2.83. The van der Waals surface area contributed by atoms with Gasteiger partial charge in [0.05, 0.1) is 0 Å². The maximum atomic E-state index is 13.2. The lowest BCUT2D eigenvalue weighted by Crippen LogP contribution is -2.36. The van der Waals surface area contributed by atoms with Crippen LogP contribution in [0.5, 0.6) is 0 Å². The minimum Gasteiger partial charge on any atom is -0.381 e. The number of nitrogens with one attached hydrogen (secondary N) is 1. The van der Waals surface area contributed by atoms with Gasteiger partial charge in [0.25, 0.3) is 0 Å². The lowest BCUT2D eigenvalue weighted by atomic mass is 9.87. The molecule has 2 rings (SSSR count). The molecule has 0 bridgehead atoms. The van der Waals surface area contributed by atoms with Gasteiger partial charge in [0, 0.05) is 19.3 Å². The molecule has 0 saturated carbocycles. The van der Waals surface area contributed by atoms with E-state index in [2.05, 4.69) is 5.43 Å². The highest BCUT2D eigenvalue weighted by Crippen LogP contribution is 2.30. The molecule has 94 valence electrons. The van der Waals surface area contributed by atoms with Crippen LogP contribution in [0.1, 0.15) is 30.0 Å². The van der Waals surface area contributed by atoms with Crippen molar-refractivity contribution in [2.24, 2.45) is 11.8 Å². The molecule has 1 saturated heterocycles. The summed E-state index contributed by atoms with van der Waals surface area (Å²) in [7, 11) is 0. The molecule has 0 aliphatic carbocycles. The summed E-state index contributed by atoms with van der Waals surface area (Å²) < 4.78 is 18.6. The van der Waals surface area contributed by atoms with Crippen LogP contribution >= 0.6 is 0 Å². The van der Waals surface area contributed by atoms with Crippen molar-refractivity contribution in [1.82, 2.24) is 5.43 Å². The van der Waals surface area contributed by atoms with E-state index < -0.39 is 0 Å². The molecule has 3 N–H and O–H groups in total. The maximum Gasteiger partial charge on any atom is 0.126 e. The van der Waals surface area contributed by atoms with Crippen molar-refractivity contribution < 1.29 is 9.13 Å². The highest BCUT2D eigenvalue weighted by Gasteiger charge is 2.24. The molecule has 3 nitrogen and oxygen atoms in total. The Balaban J connectivity index is 2.18. The first-order valence-electron chi connectivity index (χ1n) is 6.02. The Kier molecular flexibility index (Phi) is 4.10. The summed E-state index contributed by atoms with van der Waals surface area (Å²) in [5.74, 6) is 5.93. The third-order valence-corrected chi connectivity index (χ3v) is 3.46. The summed E-state index contributed by atoms with van der Waals surface area (Å²) in [5.41, 5.74) is 4.57. The van der Waals surface area contributed by atoms with E-state index in [0.717, 1.165) is 31.6 Å². The smallest absolute Gasteiger partial charge is 0.126 e. The van der Waals surface area contributed by atoms with E-state index >= 15 is 0 Å². The lowest BCUT2D eigenvalue weighted by molar-refractivity contribution is 0.0536. The molecule has 1 heterocycles. The predicted octanol–water partition coefficient (Wildman–Crippen LogP) is 2.07. The molecule has 0 amide bonds. The van der Waals surface area contributed by atoms with E-state index in [4.69, 9.17) is 10.6 Å². The molecule has 1 unspecified atom stereocenters. The van der Waals surface area contributed by atoms with E-state index in [1.54, 1.807) is 6.92 Å². The third-order valence-electron chi connectivity index (χ3n) is 3.46. The minimum absolute atomic E-state index is 0.0817. The van der Waals surface area contributed by atoms with Crippen molar-refractivity contribution in [2.75, 3.05) is 13.2 Å². The largest absolute Gasteiger partial charge is 0.381 e. The topological polar surface area (TPSA) is 47.3 Å². The Morgan fingerprint density at radius 2 is 2.12 bits per heavy atom. The fourth-order valence-corrected chi connectivity index (χ4v) is 2.41.